The molecule has 13 aromatic rings. The zero-order valence-corrected chi connectivity index (χ0v) is 32.5. The summed E-state index contributed by atoms with van der Waals surface area (Å²) in [6.45, 7) is 0. The molecule has 0 unspecified atom stereocenters. The van der Waals surface area contributed by atoms with Gasteiger partial charge in [0.25, 0.3) is 0 Å². The first-order valence-electron chi connectivity index (χ1n) is 18.1. The number of hydrogen-bond donors (Lipinski definition) is 0. The van der Waals surface area contributed by atoms with Gasteiger partial charge in [0.1, 0.15) is 0 Å². The molecule has 0 aliphatic rings. The molecule has 13 rings (SSSR count). The molecule has 54 heavy (non-hydrogen) atoms. The molecule has 0 N–H and O–H groups in total. The second-order valence-corrected chi connectivity index (χ2v) is 18.8. The number of hydrogen-bond acceptors (Lipinski definition) is 4. The van der Waals surface area contributed by atoms with Gasteiger partial charge in [-0.2, -0.15) is 0 Å². The molecular weight excluding hydrogens is 733 g/mol. The average molecular weight is 761 g/mol. The number of rotatable bonds is 2. The van der Waals surface area contributed by atoms with E-state index in [2.05, 4.69) is 155 Å². The van der Waals surface area contributed by atoms with Crippen LogP contribution in [0.4, 0.5) is 0 Å². The van der Waals surface area contributed by atoms with E-state index < -0.39 is 0 Å². The van der Waals surface area contributed by atoms with E-state index in [1.54, 1.807) is 0 Å². The Morgan fingerprint density at radius 1 is 0.352 bits per heavy atom. The van der Waals surface area contributed by atoms with Gasteiger partial charge in [-0.15, -0.1) is 45.3 Å². The molecule has 6 heteroatoms. The molecule has 7 aromatic carbocycles. The van der Waals surface area contributed by atoms with Crippen molar-refractivity contribution >= 4 is 151 Å². The minimum Gasteiger partial charge on any atom is -0.343 e. The van der Waals surface area contributed by atoms with Crippen molar-refractivity contribution in [2.75, 3.05) is 0 Å². The average Bonchev–Trinajstić information content (AvgIpc) is 4.06. The molecule has 254 valence electrons. The van der Waals surface area contributed by atoms with Crippen LogP contribution in [0, 0.1) is 0 Å². The molecule has 0 spiro atoms. The van der Waals surface area contributed by atoms with Crippen molar-refractivity contribution in [1.82, 2.24) is 9.13 Å². The Bertz CT molecular complexity index is 3420. The molecule has 0 radical (unpaired) electrons. The molecular formula is C48H28N2S4. The van der Waals surface area contributed by atoms with Gasteiger partial charge in [0.2, 0.25) is 0 Å². The van der Waals surface area contributed by atoms with E-state index in [1.807, 2.05) is 45.3 Å². The highest BCUT2D eigenvalue weighted by molar-refractivity contribution is 7.23. The predicted molar refractivity (Wildman–Crippen MR) is 242 cm³/mol. The van der Waals surface area contributed by atoms with Crippen molar-refractivity contribution in [2.24, 2.45) is 14.1 Å². The van der Waals surface area contributed by atoms with Crippen molar-refractivity contribution in [3.63, 3.8) is 0 Å². The van der Waals surface area contributed by atoms with Gasteiger partial charge in [-0.1, -0.05) is 48.5 Å². The summed E-state index contributed by atoms with van der Waals surface area (Å²) in [5.41, 5.74) is 7.70. The van der Waals surface area contributed by atoms with Crippen LogP contribution in [0.3, 0.4) is 0 Å². The Hall–Kier alpha value is -5.50. The maximum atomic E-state index is 2.43. The first kappa shape index (κ1) is 29.9. The Labute approximate surface area is 324 Å². The third-order valence-corrected chi connectivity index (χ3v) is 15.9. The lowest BCUT2D eigenvalue weighted by Crippen LogP contribution is -1.89. The van der Waals surface area contributed by atoms with Gasteiger partial charge in [0.15, 0.2) is 0 Å². The lowest BCUT2D eigenvalue weighted by molar-refractivity contribution is 1.01. The van der Waals surface area contributed by atoms with E-state index in [1.165, 1.54) is 126 Å². The third kappa shape index (κ3) is 4.03. The molecule has 0 atom stereocenters. The molecule has 6 heterocycles. The number of thiophene rings is 4. The van der Waals surface area contributed by atoms with Crippen LogP contribution < -0.4 is 0 Å². The summed E-state index contributed by atoms with van der Waals surface area (Å²) in [7, 11) is 4.47. The zero-order chi connectivity index (χ0) is 35.4. The quantitative estimate of drug-likeness (QED) is 0.166. The predicted octanol–water partition coefficient (Wildman–Crippen LogP) is 15.5. The fourth-order valence-corrected chi connectivity index (χ4v) is 13.0. The summed E-state index contributed by atoms with van der Waals surface area (Å²) in [5.74, 6) is 0. The van der Waals surface area contributed by atoms with Gasteiger partial charge in [0.05, 0.1) is 11.0 Å². The first-order valence-corrected chi connectivity index (χ1v) is 21.5. The van der Waals surface area contributed by atoms with Gasteiger partial charge in [-0.25, -0.2) is 0 Å². The fourth-order valence-electron chi connectivity index (χ4n) is 9.17. The second-order valence-electron chi connectivity index (χ2n) is 14.7. The molecule has 2 nitrogen and oxygen atoms in total. The number of fused-ring (bicyclic) bond motifs is 14. The minimum atomic E-state index is 1.27. The Balaban J connectivity index is 0.938. The van der Waals surface area contributed by atoms with Crippen molar-refractivity contribution in [3.05, 3.63) is 132 Å². The first-order chi connectivity index (χ1) is 26.5. The van der Waals surface area contributed by atoms with Crippen LogP contribution in [0.25, 0.3) is 126 Å². The largest absolute Gasteiger partial charge is 0.343 e. The topological polar surface area (TPSA) is 9.86 Å². The van der Waals surface area contributed by atoms with Gasteiger partial charge in [-0.3, -0.25) is 0 Å². The van der Waals surface area contributed by atoms with Gasteiger partial charge < -0.3 is 9.13 Å². The van der Waals surface area contributed by atoms with E-state index in [9.17, 15) is 0 Å². The SMILES string of the molecule is Cn1c2cc3c4ccc5cc(-c6cc7cc8sccc8cc7s6)ccc5c4n(C)c3cc2c2ccc3cc(-c4cc5cc6sccc6cc5s4)ccc3c21. The van der Waals surface area contributed by atoms with E-state index in [4.69, 9.17) is 0 Å². The number of aromatic nitrogens is 2. The summed E-state index contributed by atoms with van der Waals surface area (Å²) in [5, 5.41) is 20.1. The van der Waals surface area contributed by atoms with E-state index in [0.717, 1.165) is 0 Å². The van der Waals surface area contributed by atoms with E-state index in [0.29, 0.717) is 0 Å². The number of nitrogens with zero attached hydrogens (tertiary/aromatic N) is 2. The molecule has 0 saturated heterocycles. The van der Waals surface area contributed by atoms with Crippen LogP contribution in [0.5, 0.6) is 0 Å². The maximum absolute atomic E-state index is 2.43. The Morgan fingerprint density at radius 2 is 0.796 bits per heavy atom. The highest BCUT2D eigenvalue weighted by atomic mass is 32.1. The molecule has 0 aliphatic carbocycles. The lowest BCUT2D eigenvalue weighted by Gasteiger charge is -2.06. The summed E-state index contributed by atoms with van der Waals surface area (Å²) in [4.78, 5) is 2.65. The minimum absolute atomic E-state index is 1.27. The summed E-state index contributed by atoms with van der Waals surface area (Å²) >= 11 is 7.42. The van der Waals surface area contributed by atoms with E-state index >= 15 is 0 Å². The van der Waals surface area contributed by atoms with Gasteiger partial charge in [0, 0.05) is 86.0 Å². The standard InChI is InChI=1S/C48H28N2S4/c1-49-39-23-38-36-10-4-26-16-28(44-22-32-20-42-30(12-14-52-42)18-46(32)54-44)6-8-34(26)48(36)50(2)40(38)24-37(39)35-9-3-25-15-27(5-7-33(25)47(35)49)43-21-31-19-41-29(11-13-51-41)17-45(31)53-43/h3-24H,1-2H3. The fraction of sp³-hybridized carbons (Fsp3) is 0.0417. The van der Waals surface area contributed by atoms with Crippen molar-refractivity contribution < 1.29 is 0 Å². The van der Waals surface area contributed by atoms with Crippen LogP contribution in [-0.4, -0.2) is 9.13 Å². The third-order valence-electron chi connectivity index (χ3n) is 11.8. The van der Waals surface area contributed by atoms with Crippen LogP contribution in [-0.2, 0) is 14.1 Å². The monoisotopic (exact) mass is 760 g/mol. The van der Waals surface area contributed by atoms with Gasteiger partial charge >= 0.3 is 0 Å². The molecule has 0 amide bonds. The van der Waals surface area contributed by atoms with Crippen LogP contribution >= 0.6 is 45.3 Å². The number of benzene rings is 7. The highest BCUT2D eigenvalue weighted by Gasteiger charge is 2.18. The van der Waals surface area contributed by atoms with Crippen molar-refractivity contribution in [1.29, 1.82) is 0 Å². The molecule has 0 aliphatic heterocycles. The zero-order valence-electron chi connectivity index (χ0n) is 29.2. The van der Waals surface area contributed by atoms with Crippen LogP contribution in [0.15, 0.2) is 132 Å². The molecule has 0 fully saturated rings. The van der Waals surface area contributed by atoms with Gasteiger partial charge in [-0.05, 0) is 127 Å². The summed E-state index contributed by atoms with van der Waals surface area (Å²) in [6, 6.07) is 46.8. The highest BCUT2D eigenvalue weighted by Crippen LogP contribution is 2.44. The lowest BCUT2D eigenvalue weighted by atomic mass is 10.0. The molecule has 0 saturated carbocycles. The van der Waals surface area contributed by atoms with Crippen molar-refractivity contribution in [2.45, 2.75) is 0 Å². The molecule has 6 aromatic heterocycles. The summed E-state index contributed by atoms with van der Waals surface area (Å²) < 4.78 is 10.2. The van der Waals surface area contributed by atoms with Crippen LogP contribution in [0.2, 0.25) is 0 Å². The van der Waals surface area contributed by atoms with Crippen molar-refractivity contribution in [3.8, 4) is 20.9 Å². The molecule has 0 bridgehead atoms. The summed E-state index contributed by atoms with van der Waals surface area (Å²) in [6.07, 6.45) is 0. The second kappa shape index (κ2) is 10.6. The normalized spacial score (nSPS) is 12.6. The van der Waals surface area contributed by atoms with Crippen LogP contribution in [0.1, 0.15) is 0 Å². The maximum Gasteiger partial charge on any atom is 0.0568 e. The van der Waals surface area contributed by atoms with E-state index in [-0.39, 0.29) is 0 Å². The Kier molecular flexibility index (Phi) is 5.86. The number of aryl methyl sites for hydroxylation is 2. The Morgan fingerprint density at radius 3 is 1.28 bits per heavy atom. The smallest absolute Gasteiger partial charge is 0.0568 e.